The van der Waals surface area contributed by atoms with Gasteiger partial charge in [0.15, 0.2) is 0 Å². The summed E-state index contributed by atoms with van der Waals surface area (Å²) in [6.07, 6.45) is 0.902. The minimum absolute atomic E-state index is 0.370. The first kappa shape index (κ1) is 13.5. The highest BCUT2D eigenvalue weighted by Crippen LogP contribution is 2.16. The van der Waals surface area contributed by atoms with Crippen LogP contribution >= 0.6 is 0 Å². The number of carbonyl (C=O) groups is 2. The minimum atomic E-state index is -0.975. The molecule has 1 aliphatic heterocycles. The Bertz CT molecular complexity index is 469. The molecule has 0 spiro atoms. The van der Waals surface area contributed by atoms with E-state index in [1.54, 1.807) is 0 Å². The van der Waals surface area contributed by atoms with Crippen LogP contribution in [0.4, 0.5) is 4.39 Å². The van der Waals surface area contributed by atoms with Crippen LogP contribution in [0.15, 0.2) is 24.3 Å². The molecule has 0 radical (unpaired) electrons. The van der Waals surface area contributed by atoms with Gasteiger partial charge in [-0.3, -0.25) is 9.59 Å². The molecule has 2 atom stereocenters. The highest BCUT2D eigenvalue weighted by Gasteiger charge is 2.28. The first-order valence-electron chi connectivity index (χ1n) is 6.04. The number of rotatable bonds is 4. The van der Waals surface area contributed by atoms with Gasteiger partial charge in [-0.2, -0.15) is 0 Å². The zero-order valence-electron chi connectivity index (χ0n) is 10.3. The van der Waals surface area contributed by atoms with E-state index in [0.717, 1.165) is 6.42 Å². The number of amides is 2. The molecule has 0 unspecified atom stereocenters. The zero-order valence-corrected chi connectivity index (χ0v) is 10.3. The highest BCUT2D eigenvalue weighted by molar-refractivity contribution is 5.89. The van der Waals surface area contributed by atoms with Crippen molar-refractivity contribution < 1.29 is 18.7 Å². The number of carbonyl (C=O) groups excluding carboxylic acids is 2. The number of hydrogen-bond donors (Lipinski definition) is 2. The van der Waals surface area contributed by atoms with Gasteiger partial charge >= 0.3 is 0 Å². The summed E-state index contributed by atoms with van der Waals surface area (Å²) < 4.78 is 18.1. The van der Waals surface area contributed by atoms with Crippen molar-refractivity contribution in [2.45, 2.75) is 25.0 Å². The predicted octanol–water partition coefficient (Wildman–Crippen LogP) is 0.647. The standard InChI is InChI=1S/C13H15FN2O3/c14-9-5-3-8(4-6-9)11(12(15)17)16-13(18)10-2-1-7-19-10/h3-6,10-11H,1-2,7H2,(H2,15,17)(H,16,18)/t10-,11+/m0/s1. The zero-order chi connectivity index (χ0) is 13.8. The summed E-state index contributed by atoms with van der Waals surface area (Å²) in [7, 11) is 0. The fourth-order valence-corrected chi connectivity index (χ4v) is 1.99. The molecule has 1 aromatic rings. The average Bonchev–Trinajstić information content (AvgIpc) is 2.90. The van der Waals surface area contributed by atoms with Gasteiger partial charge in [0.05, 0.1) is 0 Å². The molecule has 102 valence electrons. The number of ether oxygens (including phenoxy) is 1. The van der Waals surface area contributed by atoms with Crippen molar-refractivity contribution in [2.24, 2.45) is 5.73 Å². The summed E-state index contributed by atoms with van der Waals surface area (Å²) in [5, 5.41) is 2.53. The molecular weight excluding hydrogens is 251 g/mol. The van der Waals surface area contributed by atoms with E-state index in [1.807, 2.05) is 0 Å². The SMILES string of the molecule is NC(=O)[C@H](NC(=O)[C@@H]1CCCO1)c1ccc(F)cc1. The molecule has 1 heterocycles. The molecule has 1 saturated heterocycles. The second-order valence-electron chi connectivity index (χ2n) is 4.40. The van der Waals surface area contributed by atoms with Crippen molar-refractivity contribution in [1.29, 1.82) is 0 Å². The molecule has 0 saturated carbocycles. The third-order valence-corrected chi connectivity index (χ3v) is 3.00. The average molecular weight is 266 g/mol. The normalized spacial score (nSPS) is 19.9. The van der Waals surface area contributed by atoms with Crippen LogP contribution in [0.2, 0.25) is 0 Å². The largest absolute Gasteiger partial charge is 0.368 e. The van der Waals surface area contributed by atoms with Crippen LogP contribution in [0.25, 0.3) is 0 Å². The van der Waals surface area contributed by atoms with Crippen molar-refractivity contribution in [3.63, 3.8) is 0 Å². The van der Waals surface area contributed by atoms with Crippen LogP contribution in [0.5, 0.6) is 0 Å². The van der Waals surface area contributed by atoms with E-state index in [4.69, 9.17) is 10.5 Å². The lowest BCUT2D eigenvalue weighted by atomic mass is 10.1. The second kappa shape index (κ2) is 5.79. The van der Waals surface area contributed by atoms with Gasteiger partial charge < -0.3 is 15.8 Å². The van der Waals surface area contributed by atoms with Crippen molar-refractivity contribution >= 4 is 11.8 Å². The first-order chi connectivity index (χ1) is 9.08. The maximum absolute atomic E-state index is 12.8. The van der Waals surface area contributed by atoms with Gasteiger partial charge in [0.25, 0.3) is 0 Å². The lowest BCUT2D eigenvalue weighted by Crippen LogP contribution is -2.42. The van der Waals surface area contributed by atoms with Crippen LogP contribution in [0.3, 0.4) is 0 Å². The number of halogens is 1. The smallest absolute Gasteiger partial charge is 0.250 e. The van der Waals surface area contributed by atoms with Gasteiger partial charge in [0.2, 0.25) is 11.8 Å². The topological polar surface area (TPSA) is 81.4 Å². The van der Waals surface area contributed by atoms with Crippen molar-refractivity contribution in [1.82, 2.24) is 5.32 Å². The Morgan fingerprint density at radius 2 is 2.05 bits per heavy atom. The Morgan fingerprint density at radius 1 is 1.37 bits per heavy atom. The Hall–Kier alpha value is -1.95. The lowest BCUT2D eigenvalue weighted by Gasteiger charge is -2.18. The Balaban J connectivity index is 2.09. The molecule has 0 aliphatic carbocycles. The fourth-order valence-electron chi connectivity index (χ4n) is 1.99. The monoisotopic (exact) mass is 266 g/mol. The summed E-state index contributed by atoms with van der Waals surface area (Å²) in [6, 6.07) is 4.28. The molecule has 5 nitrogen and oxygen atoms in total. The Morgan fingerprint density at radius 3 is 2.58 bits per heavy atom. The second-order valence-corrected chi connectivity index (χ2v) is 4.40. The summed E-state index contributed by atoms with van der Waals surface area (Å²) in [5.74, 6) is -1.49. The number of benzene rings is 1. The maximum atomic E-state index is 12.8. The molecule has 0 aromatic heterocycles. The van der Waals surface area contributed by atoms with E-state index in [9.17, 15) is 14.0 Å². The molecule has 1 aliphatic rings. The molecule has 1 aromatic carbocycles. The summed E-state index contributed by atoms with van der Waals surface area (Å²) in [5.41, 5.74) is 5.71. The van der Waals surface area contributed by atoms with Gasteiger partial charge in [0.1, 0.15) is 18.0 Å². The van der Waals surface area contributed by atoms with Gasteiger partial charge in [0, 0.05) is 6.61 Å². The van der Waals surface area contributed by atoms with Crippen LogP contribution in [-0.4, -0.2) is 24.5 Å². The molecule has 0 bridgehead atoms. The fraction of sp³-hybridized carbons (Fsp3) is 0.385. The Kier molecular flexibility index (Phi) is 4.11. The lowest BCUT2D eigenvalue weighted by molar-refractivity contribution is -0.133. The van der Waals surface area contributed by atoms with Gasteiger partial charge in [-0.15, -0.1) is 0 Å². The molecule has 1 fully saturated rings. The van der Waals surface area contributed by atoms with Crippen LogP contribution < -0.4 is 11.1 Å². The molecule has 2 rings (SSSR count). The molecule has 6 heteroatoms. The third-order valence-electron chi connectivity index (χ3n) is 3.00. The van der Waals surface area contributed by atoms with Gasteiger partial charge in [-0.25, -0.2) is 4.39 Å². The van der Waals surface area contributed by atoms with Gasteiger partial charge in [-0.05, 0) is 30.5 Å². The van der Waals surface area contributed by atoms with E-state index in [1.165, 1.54) is 24.3 Å². The summed E-state index contributed by atoms with van der Waals surface area (Å²) in [6.45, 7) is 0.538. The predicted molar refractivity (Wildman–Crippen MR) is 65.5 cm³/mol. The number of primary amides is 1. The molecular formula is C13H15FN2O3. The number of nitrogens with one attached hydrogen (secondary N) is 1. The van der Waals surface area contributed by atoms with E-state index in [2.05, 4.69) is 5.32 Å². The Labute approximate surface area is 109 Å². The summed E-state index contributed by atoms with van der Waals surface area (Å²) >= 11 is 0. The quantitative estimate of drug-likeness (QED) is 0.839. The van der Waals surface area contributed by atoms with E-state index in [0.29, 0.717) is 18.6 Å². The maximum Gasteiger partial charge on any atom is 0.250 e. The molecule has 3 N–H and O–H groups in total. The van der Waals surface area contributed by atoms with Crippen LogP contribution in [-0.2, 0) is 14.3 Å². The summed E-state index contributed by atoms with van der Waals surface area (Å²) in [4.78, 5) is 23.3. The van der Waals surface area contributed by atoms with Crippen molar-refractivity contribution in [2.75, 3.05) is 6.61 Å². The minimum Gasteiger partial charge on any atom is -0.368 e. The molecule has 19 heavy (non-hydrogen) atoms. The van der Waals surface area contributed by atoms with Crippen LogP contribution in [0, 0.1) is 5.82 Å². The van der Waals surface area contributed by atoms with E-state index >= 15 is 0 Å². The first-order valence-corrected chi connectivity index (χ1v) is 6.04. The van der Waals surface area contributed by atoms with Gasteiger partial charge in [-0.1, -0.05) is 12.1 Å². The number of nitrogens with two attached hydrogens (primary N) is 1. The van der Waals surface area contributed by atoms with Crippen LogP contribution in [0.1, 0.15) is 24.4 Å². The van der Waals surface area contributed by atoms with Crippen molar-refractivity contribution in [3.05, 3.63) is 35.6 Å². The van der Waals surface area contributed by atoms with E-state index in [-0.39, 0.29) is 5.91 Å². The number of hydrogen-bond acceptors (Lipinski definition) is 3. The van der Waals surface area contributed by atoms with E-state index < -0.39 is 23.9 Å². The third kappa shape index (κ3) is 3.29. The highest BCUT2D eigenvalue weighted by atomic mass is 19.1. The molecule has 2 amide bonds. The van der Waals surface area contributed by atoms with Crippen molar-refractivity contribution in [3.8, 4) is 0 Å².